The van der Waals surface area contributed by atoms with Crippen LogP contribution in [0.15, 0.2) is 53.3 Å². The Balaban J connectivity index is 1.79. The Labute approximate surface area is 232 Å². The van der Waals surface area contributed by atoms with E-state index in [0.29, 0.717) is 11.0 Å². The van der Waals surface area contributed by atoms with Crippen molar-refractivity contribution in [1.29, 1.82) is 0 Å². The predicted octanol–water partition coefficient (Wildman–Crippen LogP) is 3.69. The monoisotopic (exact) mass is 548 g/mol. The van der Waals surface area contributed by atoms with Crippen molar-refractivity contribution in [3.05, 3.63) is 64.6 Å². The summed E-state index contributed by atoms with van der Waals surface area (Å²) < 4.78 is 13.6. The number of hydrogen-bond acceptors (Lipinski definition) is 6. The van der Waals surface area contributed by atoms with Crippen molar-refractivity contribution in [3.8, 4) is 0 Å². The van der Waals surface area contributed by atoms with E-state index in [9.17, 15) is 19.2 Å². The molecule has 212 valence electrons. The van der Waals surface area contributed by atoms with Crippen LogP contribution < -0.4 is 16.3 Å². The number of nitrogens with zero attached hydrogens (tertiary/aromatic N) is 2. The zero-order valence-electron chi connectivity index (χ0n) is 23.9. The zero-order valence-corrected chi connectivity index (χ0v) is 23.9. The number of alkyl carbamates (subject to hydrolysis) is 1. The highest BCUT2D eigenvalue weighted by molar-refractivity contribution is 6.05. The Morgan fingerprint density at radius 1 is 0.925 bits per heavy atom. The fraction of sp³-hybridized carbons (Fsp3) is 0.400. The van der Waals surface area contributed by atoms with Crippen molar-refractivity contribution >= 4 is 45.3 Å². The fourth-order valence-electron chi connectivity index (χ4n) is 4.99. The van der Waals surface area contributed by atoms with E-state index >= 15 is 0 Å². The maximum Gasteiger partial charge on any atom is 0.408 e. The standard InChI is InChI=1S/C30H36N4O6/c1-17(2)24(32-28(37)40-30(3,4)5)26(35)31-21(27(36)39-7)16-20-18-12-8-11-15-23(18)34-25(20)19-13-9-10-14-22(19)33(6)29(34)38/h8-15,17,21,24H,16H2,1-7H3,(H,31,35)(H,32,37)/t21-,24-/m0/s1. The summed E-state index contributed by atoms with van der Waals surface area (Å²) in [6.45, 7) is 8.76. The first-order valence-electron chi connectivity index (χ1n) is 13.2. The molecule has 0 aliphatic rings. The molecule has 10 nitrogen and oxygen atoms in total. The smallest absolute Gasteiger partial charge is 0.408 e. The zero-order chi connectivity index (χ0) is 29.4. The van der Waals surface area contributed by atoms with Crippen molar-refractivity contribution in [2.24, 2.45) is 13.0 Å². The van der Waals surface area contributed by atoms with Gasteiger partial charge in [0.15, 0.2) is 0 Å². The van der Waals surface area contributed by atoms with Gasteiger partial charge in [0.2, 0.25) is 5.91 Å². The molecule has 2 heterocycles. The summed E-state index contributed by atoms with van der Waals surface area (Å²) in [6.07, 6.45) is -0.674. The lowest BCUT2D eigenvalue weighted by Gasteiger charge is -2.26. The second-order valence-electron chi connectivity index (χ2n) is 11.2. The minimum Gasteiger partial charge on any atom is -0.467 e. The lowest BCUT2D eigenvalue weighted by atomic mass is 9.99. The molecule has 2 aromatic carbocycles. The van der Waals surface area contributed by atoms with E-state index in [1.165, 1.54) is 7.11 Å². The molecule has 0 spiro atoms. The molecule has 4 aromatic rings. The van der Waals surface area contributed by atoms with Gasteiger partial charge in [-0.3, -0.25) is 13.8 Å². The molecule has 10 heteroatoms. The van der Waals surface area contributed by atoms with Crippen LogP contribution in [0.3, 0.4) is 0 Å². The number of nitrogens with one attached hydrogen (secondary N) is 2. The number of aromatic nitrogens is 2. The molecule has 0 saturated carbocycles. The van der Waals surface area contributed by atoms with Crippen molar-refractivity contribution < 1.29 is 23.9 Å². The summed E-state index contributed by atoms with van der Waals surface area (Å²) in [5.74, 6) is -1.50. The molecule has 0 fully saturated rings. The molecule has 0 saturated heterocycles. The number of esters is 1. The second kappa shape index (κ2) is 11.0. The van der Waals surface area contributed by atoms with Gasteiger partial charge in [0.25, 0.3) is 0 Å². The SMILES string of the molecule is COC(=O)[C@H](Cc1c2ccccc2n2c(=O)n(C)c3ccccc3c12)NC(=O)[C@@H](NC(=O)OC(C)(C)C)C(C)C. The third-order valence-corrected chi connectivity index (χ3v) is 6.81. The van der Waals surface area contributed by atoms with Gasteiger partial charge >= 0.3 is 17.8 Å². The molecular weight excluding hydrogens is 512 g/mol. The van der Waals surface area contributed by atoms with Crippen LogP contribution in [0.2, 0.25) is 0 Å². The molecular formula is C30H36N4O6. The van der Waals surface area contributed by atoms with Crippen molar-refractivity contribution in [1.82, 2.24) is 19.6 Å². The first-order valence-corrected chi connectivity index (χ1v) is 13.2. The van der Waals surface area contributed by atoms with Crippen molar-refractivity contribution in [2.75, 3.05) is 7.11 Å². The number of carbonyl (C=O) groups excluding carboxylic acids is 3. The highest BCUT2D eigenvalue weighted by Gasteiger charge is 2.32. The number of para-hydroxylation sites is 2. The van der Waals surface area contributed by atoms with Gasteiger partial charge in [0.05, 0.1) is 23.7 Å². The van der Waals surface area contributed by atoms with Gasteiger partial charge < -0.3 is 20.1 Å². The van der Waals surface area contributed by atoms with E-state index in [-0.39, 0.29) is 18.0 Å². The summed E-state index contributed by atoms with van der Waals surface area (Å²) in [6, 6.07) is 13.0. The highest BCUT2D eigenvalue weighted by atomic mass is 16.6. The van der Waals surface area contributed by atoms with E-state index in [0.717, 1.165) is 21.9 Å². The van der Waals surface area contributed by atoms with Gasteiger partial charge in [-0.25, -0.2) is 14.4 Å². The van der Waals surface area contributed by atoms with Gasteiger partial charge in [0.1, 0.15) is 17.7 Å². The summed E-state index contributed by atoms with van der Waals surface area (Å²) >= 11 is 0. The molecule has 0 radical (unpaired) electrons. The number of benzene rings is 2. The Bertz CT molecular complexity index is 1660. The first kappa shape index (κ1) is 28.7. The lowest BCUT2D eigenvalue weighted by molar-refractivity contribution is -0.145. The van der Waals surface area contributed by atoms with E-state index < -0.39 is 35.7 Å². The average molecular weight is 549 g/mol. The van der Waals surface area contributed by atoms with Gasteiger partial charge in [-0.05, 0) is 44.4 Å². The first-order chi connectivity index (χ1) is 18.8. The van der Waals surface area contributed by atoms with Crippen LogP contribution >= 0.6 is 0 Å². The highest BCUT2D eigenvalue weighted by Crippen LogP contribution is 2.31. The van der Waals surface area contributed by atoms with Crippen LogP contribution in [0.25, 0.3) is 27.3 Å². The number of aryl methyl sites for hydroxylation is 1. The van der Waals surface area contributed by atoms with Crippen LogP contribution in [-0.2, 0) is 32.5 Å². The van der Waals surface area contributed by atoms with Gasteiger partial charge in [-0.1, -0.05) is 50.2 Å². The fourth-order valence-corrected chi connectivity index (χ4v) is 4.99. The normalized spacial score (nSPS) is 13.4. The summed E-state index contributed by atoms with van der Waals surface area (Å²) in [7, 11) is 2.97. The number of amides is 2. The minimum absolute atomic E-state index is 0.0594. The molecule has 2 N–H and O–H groups in total. The summed E-state index contributed by atoms with van der Waals surface area (Å²) in [5, 5.41) is 7.01. The molecule has 2 amide bonds. The molecule has 40 heavy (non-hydrogen) atoms. The van der Waals surface area contributed by atoms with Gasteiger partial charge in [-0.2, -0.15) is 0 Å². The van der Waals surface area contributed by atoms with E-state index in [4.69, 9.17) is 9.47 Å². The average Bonchev–Trinajstić information content (AvgIpc) is 3.22. The van der Waals surface area contributed by atoms with Crippen LogP contribution in [0, 0.1) is 5.92 Å². The number of methoxy groups -OCH3 is 1. The maximum absolute atomic E-state index is 13.5. The second-order valence-corrected chi connectivity index (χ2v) is 11.2. The molecule has 0 unspecified atom stereocenters. The molecule has 2 aromatic heterocycles. The largest absolute Gasteiger partial charge is 0.467 e. The van der Waals surface area contributed by atoms with Crippen molar-refractivity contribution in [2.45, 2.75) is 58.7 Å². The number of rotatable bonds is 7. The van der Waals surface area contributed by atoms with Gasteiger partial charge in [0, 0.05) is 24.2 Å². The quantitative estimate of drug-likeness (QED) is 0.340. The molecule has 0 bridgehead atoms. The summed E-state index contributed by atoms with van der Waals surface area (Å²) in [5.41, 5.74) is 1.85. The van der Waals surface area contributed by atoms with Crippen LogP contribution in [0.1, 0.15) is 40.2 Å². The number of fused-ring (bicyclic) bond motifs is 5. The molecule has 0 aliphatic carbocycles. The van der Waals surface area contributed by atoms with Crippen LogP contribution in [0.5, 0.6) is 0 Å². The minimum atomic E-state index is -1.09. The van der Waals surface area contributed by atoms with Crippen molar-refractivity contribution in [3.63, 3.8) is 0 Å². The lowest BCUT2D eigenvalue weighted by Crippen LogP contribution is -2.55. The Morgan fingerprint density at radius 2 is 1.52 bits per heavy atom. The van der Waals surface area contributed by atoms with Crippen LogP contribution in [0.4, 0.5) is 4.79 Å². The Morgan fingerprint density at radius 3 is 2.12 bits per heavy atom. The third kappa shape index (κ3) is 5.52. The van der Waals surface area contributed by atoms with E-state index in [2.05, 4.69) is 10.6 Å². The molecule has 2 atom stereocenters. The third-order valence-electron chi connectivity index (χ3n) is 6.81. The summed E-state index contributed by atoms with van der Waals surface area (Å²) in [4.78, 5) is 52.4. The Hall–Kier alpha value is -4.34. The number of carbonyl (C=O) groups is 3. The van der Waals surface area contributed by atoms with E-state index in [1.54, 1.807) is 50.6 Å². The van der Waals surface area contributed by atoms with Gasteiger partial charge in [-0.15, -0.1) is 0 Å². The van der Waals surface area contributed by atoms with E-state index in [1.807, 2.05) is 48.5 Å². The number of ether oxygens (including phenoxy) is 2. The predicted molar refractivity (Wildman–Crippen MR) is 153 cm³/mol. The maximum atomic E-state index is 13.5. The topological polar surface area (TPSA) is 120 Å². The Kier molecular flexibility index (Phi) is 7.91. The molecule has 0 aliphatic heterocycles. The number of hydrogen-bond donors (Lipinski definition) is 2. The molecule has 4 rings (SSSR count). The van der Waals surface area contributed by atoms with Crippen LogP contribution in [-0.4, -0.2) is 51.7 Å².